The van der Waals surface area contributed by atoms with Crippen LogP contribution in [0.4, 0.5) is 0 Å². The average molecular weight is 510 g/mol. The molecule has 6 N–H and O–H groups in total. The third-order valence-corrected chi connectivity index (χ3v) is 7.44. The van der Waals surface area contributed by atoms with Crippen LogP contribution in [0.3, 0.4) is 0 Å². The van der Waals surface area contributed by atoms with Crippen molar-refractivity contribution < 1.29 is 39.8 Å². The number of halogens is 1. The zero-order chi connectivity index (χ0) is 25.3. The van der Waals surface area contributed by atoms with Gasteiger partial charge in [-0.25, -0.2) is 0 Å². The quantitative estimate of drug-likeness (QED) is 0.302. The third kappa shape index (κ3) is 5.13. The molecule has 8 atom stereocenters. The summed E-state index contributed by atoms with van der Waals surface area (Å²) in [5.41, 5.74) is 0.560. The molecule has 2 aliphatic heterocycles. The van der Waals surface area contributed by atoms with Crippen molar-refractivity contribution in [2.75, 3.05) is 19.8 Å². The summed E-state index contributed by atoms with van der Waals surface area (Å²) in [6.45, 7) is 2.40. The number of aliphatic carboxylic acids is 1. The Labute approximate surface area is 208 Å². The van der Waals surface area contributed by atoms with Gasteiger partial charge >= 0.3 is 5.97 Å². The van der Waals surface area contributed by atoms with Crippen LogP contribution in [-0.4, -0.2) is 81.7 Å². The molecule has 2 fully saturated rings. The van der Waals surface area contributed by atoms with E-state index in [1.54, 1.807) is 18.2 Å². The summed E-state index contributed by atoms with van der Waals surface area (Å²) in [6, 6.07) is 4.55. The molecule has 3 aliphatic rings. The molecule has 2 heterocycles. The van der Waals surface area contributed by atoms with E-state index >= 15 is 0 Å². The lowest BCUT2D eigenvalue weighted by Crippen LogP contribution is -2.55. The number of hydrogen-bond donors (Lipinski definition) is 6. The maximum absolute atomic E-state index is 11.5. The molecule has 0 amide bonds. The van der Waals surface area contributed by atoms with Crippen LogP contribution in [0, 0.1) is 5.92 Å². The minimum atomic E-state index is -1.49. The van der Waals surface area contributed by atoms with E-state index in [1.165, 1.54) is 0 Å². The molecule has 1 aromatic carbocycles. The fourth-order valence-electron chi connectivity index (χ4n) is 5.33. The molecule has 9 nitrogen and oxygen atoms in total. The van der Waals surface area contributed by atoms with Crippen LogP contribution in [0.1, 0.15) is 37.0 Å². The molecule has 10 heteroatoms. The van der Waals surface area contributed by atoms with E-state index < -0.39 is 54.6 Å². The predicted octanol–water partition coefficient (Wildman–Crippen LogP) is 1.04. The summed E-state index contributed by atoms with van der Waals surface area (Å²) in [5, 5.41) is 53.5. The molecule has 0 spiro atoms. The lowest BCUT2D eigenvalue weighted by atomic mass is 9.73. The van der Waals surface area contributed by atoms with Crippen molar-refractivity contribution in [2.24, 2.45) is 5.92 Å². The molecule has 192 valence electrons. The van der Waals surface area contributed by atoms with E-state index in [0.717, 1.165) is 5.56 Å². The number of aliphatic hydroxyl groups is 4. The molecule has 0 radical (unpaired) electrons. The SMILES string of the molecule is CCOC1=CC(CC2CN[C@H](C(=O)O)C2)(c2cc([C@@H]3O[C@H](CO)[C@@H](O)[C@H](O)[C@H]3O)ccc2Cl)C=C1. The molecular formula is C25H32ClNO8. The van der Waals surface area contributed by atoms with Gasteiger partial charge in [0.15, 0.2) is 0 Å². The van der Waals surface area contributed by atoms with Gasteiger partial charge < -0.3 is 40.3 Å². The normalized spacial score (nSPS) is 36.9. The number of aliphatic hydroxyl groups excluding tert-OH is 4. The standard InChI is InChI=1S/C25H32ClNO8/c1-2-34-15-5-6-25(10-15,9-13-7-18(24(32)33)27-11-13)16-8-14(3-4-17(16)26)23-22(31)21(30)20(29)19(12-28)35-23/h3-6,8,10,13,18-23,27-31H,2,7,9,11-12H2,1H3,(H,32,33)/t13?,18-,19+,20+,21-,22+,23-,25?/m0/s1. The predicted molar refractivity (Wildman–Crippen MR) is 127 cm³/mol. The van der Waals surface area contributed by atoms with Crippen molar-refractivity contribution in [1.29, 1.82) is 0 Å². The van der Waals surface area contributed by atoms with Crippen molar-refractivity contribution in [1.82, 2.24) is 5.32 Å². The van der Waals surface area contributed by atoms with E-state index in [-0.39, 0.29) is 5.92 Å². The first-order valence-electron chi connectivity index (χ1n) is 11.8. The molecule has 1 aromatic rings. The van der Waals surface area contributed by atoms with Crippen LogP contribution in [-0.2, 0) is 19.7 Å². The second kappa shape index (κ2) is 10.6. The summed E-state index contributed by atoms with van der Waals surface area (Å²) >= 11 is 6.69. The number of carboxylic acids is 1. The number of carboxylic acid groups (broad SMARTS) is 1. The van der Waals surface area contributed by atoms with Crippen molar-refractivity contribution in [3.05, 3.63) is 58.3 Å². The number of ether oxygens (including phenoxy) is 2. The molecule has 2 saturated heterocycles. The Morgan fingerprint density at radius 1 is 1.26 bits per heavy atom. The van der Waals surface area contributed by atoms with Crippen LogP contribution in [0.15, 0.2) is 42.2 Å². The Kier molecular flexibility index (Phi) is 7.87. The number of rotatable bonds is 8. The first kappa shape index (κ1) is 26.1. The summed E-state index contributed by atoms with van der Waals surface area (Å²) in [6.07, 6.45) is 0.514. The Morgan fingerprint density at radius 3 is 2.69 bits per heavy atom. The van der Waals surface area contributed by atoms with Gasteiger partial charge in [0.1, 0.15) is 42.3 Å². The smallest absolute Gasteiger partial charge is 0.320 e. The maximum atomic E-state index is 11.5. The number of allylic oxidation sites excluding steroid dienone is 3. The summed E-state index contributed by atoms with van der Waals surface area (Å²) < 4.78 is 11.5. The second-order valence-corrected chi connectivity index (χ2v) is 9.85. The number of carbonyl (C=O) groups is 1. The van der Waals surface area contributed by atoms with Crippen LogP contribution < -0.4 is 5.32 Å². The Balaban J connectivity index is 1.70. The molecule has 4 rings (SSSR count). The maximum Gasteiger partial charge on any atom is 0.320 e. The van der Waals surface area contributed by atoms with Gasteiger partial charge in [0, 0.05) is 10.4 Å². The van der Waals surface area contributed by atoms with Gasteiger partial charge in [-0.3, -0.25) is 4.79 Å². The molecule has 35 heavy (non-hydrogen) atoms. The molecule has 0 saturated carbocycles. The lowest BCUT2D eigenvalue weighted by molar-refractivity contribution is -0.231. The summed E-state index contributed by atoms with van der Waals surface area (Å²) in [4.78, 5) is 11.5. The van der Waals surface area contributed by atoms with Crippen molar-refractivity contribution in [3.8, 4) is 0 Å². The summed E-state index contributed by atoms with van der Waals surface area (Å²) in [7, 11) is 0. The fraction of sp³-hybridized carbons (Fsp3) is 0.560. The highest BCUT2D eigenvalue weighted by molar-refractivity contribution is 6.31. The van der Waals surface area contributed by atoms with Gasteiger partial charge in [-0.05, 0) is 61.6 Å². The van der Waals surface area contributed by atoms with E-state index in [4.69, 9.17) is 21.1 Å². The third-order valence-electron chi connectivity index (χ3n) is 7.12. The molecule has 0 aromatic heterocycles. The highest BCUT2D eigenvalue weighted by Crippen LogP contribution is 2.45. The number of benzene rings is 1. The van der Waals surface area contributed by atoms with Gasteiger partial charge in [0.05, 0.1) is 13.2 Å². The average Bonchev–Trinajstić information content (AvgIpc) is 3.47. The lowest BCUT2D eigenvalue weighted by Gasteiger charge is -2.40. The fourth-order valence-corrected chi connectivity index (χ4v) is 5.62. The second-order valence-electron chi connectivity index (χ2n) is 9.45. The van der Waals surface area contributed by atoms with Gasteiger partial charge in [-0.1, -0.05) is 29.8 Å². The van der Waals surface area contributed by atoms with Gasteiger partial charge in [0.2, 0.25) is 0 Å². The van der Waals surface area contributed by atoms with Gasteiger partial charge in [0.25, 0.3) is 0 Å². The van der Waals surface area contributed by atoms with Gasteiger partial charge in [-0.15, -0.1) is 0 Å². The number of hydrogen-bond acceptors (Lipinski definition) is 8. The van der Waals surface area contributed by atoms with E-state index in [2.05, 4.69) is 5.32 Å². The van der Waals surface area contributed by atoms with E-state index in [0.29, 0.717) is 42.3 Å². The zero-order valence-corrected chi connectivity index (χ0v) is 20.1. The van der Waals surface area contributed by atoms with Crippen molar-refractivity contribution >= 4 is 17.6 Å². The largest absolute Gasteiger partial charge is 0.494 e. The van der Waals surface area contributed by atoms with Crippen LogP contribution in [0.2, 0.25) is 5.02 Å². The molecule has 2 unspecified atom stereocenters. The highest BCUT2D eigenvalue weighted by Gasteiger charge is 2.45. The topological polar surface area (TPSA) is 149 Å². The number of nitrogens with one attached hydrogen (secondary N) is 1. The Morgan fingerprint density at radius 2 is 2.03 bits per heavy atom. The first-order chi connectivity index (χ1) is 16.7. The van der Waals surface area contributed by atoms with E-state index in [1.807, 2.05) is 25.2 Å². The van der Waals surface area contributed by atoms with Crippen LogP contribution >= 0.6 is 11.6 Å². The van der Waals surface area contributed by atoms with Gasteiger partial charge in [-0.2, -0.15) is 0 Å². The first-order valence-corrected chi connectivity index (χ1v) is 12.2. The van der Waals surface area contributed by atoms with Crippen molar-refractivity contribution in [2.45, 2.75) is 61.7 Å². The van der Waals surface area contributed by atoms with Crippen LogP contribution in [0.25, 0.3) is 0 Å². The van der Waals surface area contributed by atoms with E-state index in [9.17, 15) is 30.3 Å². The highest BCUT2D eigenvalue weighted by atomic mass is 35.5. The van der Waals surface area contributed by atoms with Crippen molar-refractivity contribution in [3.63, 3.8) is 0 Å². The van der Waals surface area contributed by atoms with Crippen LogP contribution in [0.5, 0.6) is 0 Å². The summed E-state index contributed by atoms with van der Waals surface area (Å²) in [5.74, 6) is -0.135. The monoisotopic (exact) mass is 509 g/mol. The minimum Gasteiger partial charge on any atom is -0.494 e. The minimum absolute atomic E-state index is 0.0601. The zero-order valence-electron chi connectivity index (χ0n) is 19.4. The molecular weight excluding hydrogens is 478 g/mol. The molecule has 1 aliphatic carbocycles. The Hall–Kier alpha value is -1.98. The Bertz CT molecular complexity index is 998. The molecule has 0 bridgehead atoms.